The third-order valence-corrected chi connectivity index (χ3v) is 29.3. The van der Waals surface area contributed by atoms with Crippen LogP contribution in [0.4, 0.5) is 14.4 Å². The number of rotatable bonds is 22. The second kappa shape index (κ2) is 44.4. The second-order valence-electron chi connectivity index (χ2n) is 36.2. The molecule has 133 heavy (non-hydrogen) atoms. The van der Waals surface area contributed by atoms with E-state index < -0.39 is 61.3 Å². The molecule has 0 aromatic heterocycles. The first-order valence-corrected chi connectivity index (χ1v) is 53.1. The van der Waals surface area contributed by atoms with Crippen LogP contribution in [0.15, 0.2) is 113 Å². The SMILES string of the molecule is CC(C)(C)OC(=O)N1CCC(CCOc2cccc3c2C(N)=NS(=O)(=O)C3)CC1.CC(C)(C)OC(=O)N1CCC(COc2cccc3c2C(N)=NS(=O)(=O)C3)CC1.CCCC(=O)N1CCC[C@@H]1COc1cccc2c1C(N)=NS(=O)(=O)C2.CCCNC(=O)C1CCC[C@@H]1COc1cccc2c1C(N)=NS(=O)(=O)C2.CCNC(=O)N1CCC[C@@H]1COc1cccc2c1C(N)=NS(=O)(=O)C2. The van der Waals surface area contributed by atoms with Gasteiger partial charge in [-0.1, -0.05) is 80.9 Å². The fourth-order valence-electron chi connectivity index (χ4n) is 17.3. The minimum Gasteiger partial charge on any atom is -0.493 e. The van der Waals surface area contributed by atoms with Gasteiger partial charge in [0, 0.05) is 70.6 Å². The fourth-order valence-corrected chi connectivity index (χ4v) is 22.7. The van der Waals surface area contributed by atoms with E-state index in [1.54, 1.807) is 106 Å². The van der Waals surface area contributed by atoms with Gasteiger partial charge in [0.25, 0.3) is 50.1 Å². The van der Waals surface area contributed by atoms with E-state index in [4.69, 9.17) is 61.8 Å². The number of urea groups is 1. The highest BCUT2D eigenvalue weighted by molar-refractivity contribution is 7.90. The number of piperidine rings is 2. The van der Waals surface area contributed by atoms with Gasteiger partial charge in [-0.25, -0.2) is 56.5 Å². The number of hydrogen-bond donors (Lipinski definition) is 7. The van der Waals surface area contributed by atoms with Crippen molar-refractivity contribution in [2.45, 2.75) is 211 Å². The molecule has 6 amide bonds. The van der Waals surface area contributed by atoms with Crippen LogP contribution in [0, 0.1) is 23.7 Å². The van der Waals surface area contributed by atoms with Gasteiger partial charge in [0.2, 0.25) is 11.8 Å². The number of amidine groups is 5. The number of fused-ring (bicyclic) bond motifs is 5. The van der Waals surface area contributed by atoms with Gasteiger partial charge < -0.3 is 92.1 Å². The number of benzene rings is 5. The van der Waals surface area contributed by atoms with Crippen LogP contribution in [0.25, 0.3) is 0 Å². The lowest BCUT2D eigenvalue weighted by Gasteiger charge is -2.33. The molecule has 43 heteroatoms. The standard InChI is InChI=1S/C20H29N3O5S.C19H27N3O5S.C18H25N3O4S.C17H23N3O4S.C16H22N4O4S/c1-20(2,3)28-19(24)23-10-7-14(8-11-23)9-12-27-16-6-4-5-15-13-29(25,26)22-18(21)17(15)16;1-19(2,3)27-18(23)22-9-7-13(8-10-22)11-26-15-6-4-5-14-12-28(24,25)21-17(20)16(14)15;1-2-9-20-18(22)14-7-3-5-12(14)10-25-15-8-4-6-13-11-26(23,24)21-17(19)16(13)15;1-2-5-15(21)20-9-4-7-13(20)10-24-14-8-3-6-12-11-25(22,23)19-17(18)16(12)14;1-2-18-16(21)20-8-4-6-12(20)9-24-13-7-3-5-11-10-25(22,23)19-15(17)14(11)13/h4-6,14H,7-13H2,1-3H3,(H2,21,22);4-6,13H,7-12H2,1-3H3,(H2,20,21);4,6,8,12,14H,2-3,5,7,9-11H2,1H3,(H2,19,21)(H,20,22);3,6,8,13H,2,4-5,7,9-11H2,1H3,(H2,18,19);3,5,7,12H,2,4,6,8-10H2,1H3,(H2,17,19)(H,18,21)/t;;12-,14?;13-;12-/m..111/s1. The maximum absolute atomic E-state index is 12.3. The van der Waals surface area contributed by atoms with E-state index in [-0.39, 0.29) is 112 Å². The second-order valence-corrected chi connectivity index (χ2v) is 44.4. The number of sulfonamides is 5. The van der Waals surface area contributed by atoms with Crippen LogP contribution in [0.1, 0.15) is 214 Å². The van der Waals surface area contributed by atoms with Crippen molar-refractivity contribution in [3.8, 4) is 28.7 Å². The summed E-state index contributed by atoms with van der Waals surface area (Å²) in [7, 11) is -17.8. The summed E-state index contributed by atoms with van der Waals surface area (Å²) in [6, 6.07) is 26.1. The van der Waals surface area contributed by atoms with E-state index in [2.05, 4.69) is 32.6 Å². The molecular weight excluding hydrogens is 1820 g/mol. The summed E-state index contributed by atoms with van der Waals surface area (Å²) in [5.41, 5.74) is 34.0. The van der Waals surface area contributed by atoms with Crippen molar-refractivity contribution in [1.29, 1.82) is 0 Å². The Kier molecular flexibility index (Phi) is 34.2. The van der Waals surface area contributed by atoms with Crippen molar-refractivity contribution in [2.75, 3.05) is 85.4 Å². The Morgan fingerprint density at radius 2 is 0.744 bits per heavy atom. The van der Waals surface area contributed by atoms with Gasteiger partial charge in [-0.05, 0) is 202 Å². The van der Waals surface area contributed by atoms with Gasteiger partial charge >= 0.3 is 18.2 Å². The fraction of sp³-hybridized carbons (Fsp3) is 0.556. The molecule has 4 saturated heterocycles. The highest BCUT2D eigenvalue weighted by Crippen LogP contribution is 2.38. The van der Waals surface area contributed by atoms with Crippen LogP contribution in [0.3, 0.4) is 0 Å². The quantitative estimate of drug-likeness (QED) is 0.0340. The number of carbonyl (C=O) groups is 5. The molecular formula is C90H126N16O22S5. The summed E-state index contributed by atoms with van der Waals surface area (Å²) in [5.74, 6) is 2.71. The van der Waals surface area contributed by atoms with Gasteiger partial charge in [0.05, 0.1) is 88.5 Å². The largest absolute Gasteiger partial charge is 0.493 e. The van der Waals surface area contributed by atoms with E-state index in [0.29, 0.717) is 181 Å². The molecule has 1 unspecified atom stereocenters. The molecule has 4 atom stereocenters. The third kappa shape index (κ3) is 28.5. The first kappa shape index (κ1) is 102. The molecule has 15 rings (SSSR count). The molecule has 5 fully saturated rings. The Balaban J connectivity index is 0.000000160. The Hall–Kier alpha value is -11.1. The molecule has 38 nitrogen and oxygen atoms in total. The Morgan fingerprint density at radius 3 is 1.11 bits per heavy atom. The molecule has 1 aliphatic carbocycles. The van der Waals surface area contributed by atoms with Gasteiger partial charge in [-0.2, -0.15) is 0 Å². The number of hydrogen-bond acceptors (Lipinski definition) is 27. The van der Waals surface area contributed by atoms with Crippen molar-refractivity contribution in [3.05, 3.63) is 147 Å². The molecule has 12 N–H and O–H groups in total. The monoisotopic (exact) mass is 1940 g/mol. The molecule has 1 saturated carbocycles. The summed E-state index contributed by atoms with van der Waals surface area (Å²) < 4.78 is 176. The van der Waals surface area contributed by atoms with Crippen LogP contribution in [0.5, 0.6) is 28.7 Å². The summed E-state index contributed by atoms with van der Waals surface area (Å²) >= 11 is 0. The van der Waals surface area contributed by atoms with Crippen molar-refractivity contribution < 1.29 is 99.2 Å². The summed E-state index contributed by atoms with van der Waals surface area (Å²) in [6.45, 7) is 24.5. The van der Waals surface area contributed by atoms with Gasteiger partial charge in [0.1, 0.15) is 82.3 Å². The van der Waals surface area contributed by atoms with Crippen LogP contribution < -0.4 is 63.0 Å². The summed E-state index contributed by atoms with van der Waals surface area (Å²) in [4.78, 5) is 68.0. The molecule has 0 bridgehead atoms. The number of nitrogens with zero attached hydrogens (tertiary/aromatic N) is 9. The normalized spacial score (nSPS) is 21.0. The van der Waals surface area contributed by atoms with Crippen LogP contribution in [-0.2, 0) is 97.9 Å². The predicted molar refractivity (Wildman–Crippen MR) is 505 cm³/mol. The number of amides is 6. The minimum absolute atomic E-state index is 0.0205. The number of carbonyl (C=O) groups excluding carboxylic acids is 5. The maximum Gasteiger partial charge on any atom is 0.410 e. The third-order valence-electron chi connectivity index (χ3n) is 23.5. The molecule has 0 radical (unpaired) electrons. The lowest BCUT2D eigenvalue weighted by atomic mass is 9.94. The molecule has 0 spiro atoms. The topological polar surface area (TPSA) is 550 Å². The lowest BCUT2D eigenvalue weighted by molar-refractivity contribution is -0.132. The zero-order valence-electron chi connectivity index (χ0n) is 76.9. The Labute approximate surface area is 779 Å². The number of nitrogens with two attached hydrogens (primary N) is 5. The average molecular weight is 1940 g/mol. The number of nitrogens with one attached hydrogen (secondary N) is 2. The zero-order valence-corrected chi connectivity index (χ0v) is 81.0. The zero-order chi connectivity index (χ0) is 96.5. The van der Waals surface area contributed by atoms with E-state index in [1.165, 1.54) is 0 Å². The van der Waals surface area contributed by atoms with Crippen LogP contribution in [0.2, 0.25) is 0 Å². The van der Waals surface area contributed by atoms with E-state index in [9.17, 15) is 66.1 Å². The van der Waals surface area contributed by atoms with Crippen LogP contribution in [-0.4, -0.2) is 230 Å². The molecule has 5 aromatic carbocycles. The van der Waals surface area contributed by atoms with Gasteiger partial charge in [0.15, 0.2) is 0 Å². The van der Waals surface area contributed by atoms with Crippen molar-refractivity contribution in [2.24, 2.45) is 74.3 Å². The summed E-state index contributed by atoms with van der Waals surface area (Å²) in [5, 5.41) is 5.78. The van der Waals surface area contributed by atoms with E-state index in [1.807, 2.05) is 67.2 Å². The van der Waals surface area contributed by atoms with E-state index in [0.717, 1.165) is 96.4 Å². The highest BCUT2D eigenvalue weighted by Gasteiger charge is 2.39. The Bertz CT molecular complexity index is 5710. The minimum atomic E-state index is -3.57. The molecule has 5 aromatic rings. The van der Waals surface area contributed by atoms with Crippen molar-refractivity contribution >= 4 is 109 Å². The predicted octanol–water partition coefficient (Wildman–Crippen LogP) is 8.68. The molecule has 9 heterocycles. The maximum atomic E-state index is 12.3. The summed E-state index contributed by atoms with van der Waals surface area (Å²) in [6.07, 6.45) is 12.5. The first-order chi connectivity index (χ1) is 62.8. The molecule has 9 aliphatic heterocycles. The first-order valence-electron chi connectivity index (χ1n) is 45.0. The van der Waals surface area contributed by atoms with Gasteiger partial charge in [-0.3, -0.25) is 9.59 Å². The van der Waals surface area contributed by atoms with Crippen molar-refractivity contribution in [1.82, 2.24) is 30.2 Å². The Morgan fingerprint density at radius 1 is 0.398 bits per heavy atom. The average Bonchev–Trinajstić information content (AvgIpc) is 1.66. The smallest absolute Gasteiger partial charge is 0.410 e. The molecule has 10 aliphatic rings. The number of ether oxygens (including phenoxy) is 7. The lowest BCUT2D eigenvalue weighted by Crippen LogP contribution is -2.45. The van der Waals surface area contributed by atoms with Crippen LogP contribution >= 0.6 is 0 Å². The van der Waals surface area contributed by atoms with Gasteiger partial charge in [-0.15, -0.1) is 22.0 Å². The molecule has 728 valence electrons. The number of likely N-dealkylation sites (tertiary alicyclic amines) is 4. The van der Waals surface area contributed by atoms with Crippen molar-refractivity contribution in [3.63, 3.8) is 0 Å². The van der Waals surface area contributed by atoms with E-state index >= 15 is 0 Å². The highest BCUT2D eigenvalue weighted by atomic mass is 32.2.